The molecule has 0 unspecified atom stereocenters. The van der Waals surface area contributed by atoms with Gasteiger partial charge in [-0.15, -0.1) is 0 Å². The summed E-state index contributed by atoms with van der Waals surface area (Å²) >= 11 is 0. The van der Waals surface area contributed by atoms with Gasteiger partial charge in [0.1, 0.15) is 12.2 Å². The normalized spacial score (nSPS) is 15.0. The summed E-state index contributed by atoms with van der Waals surface area (Å²) in [6, 6.07) is 42.1. The topological polar surface area (TPSA) is 124 Å². The number of anilines is 2. The number of benzene rings is 5. The van der Waals surface area contributed by atoms with E-state index in [1.165, 1.54) is 0 Å². The quantitative estimate of drug-likeness (QED) is 0.114. The molecule has 2 N–H and O–H groups in total. The van der Waals surface area contributed by atoms with Gasteiger partial charge in [-0.3, -0.25) is 20.2 Å². The Morgan fingerprint density at radius 2 is 0.839 bits per heavy atom. The Hall–Kier alpha value is -6.50. The number of ether oxygens (including phenoxy) is 2. The highest BCUT2D eigenvalue weighted by Gasteiger charge is 2.25. The molecule has 0 atom stereocenters. The van der Waals surface area contributed by atoms with Gasteiger partial charge in [0.2, 0.25) is 0 Å². The second-order valence-corrected chi connectivity index (χ2v) is 16.0. The van der Waals surface area contributed by atoms with Crippen LogP contribution in [-0.4, -0.2) is 122 Å². The van der Waals surface area contributed by atoms with E-state index in [4.69, 9.17) is 9.47 Å². The van der Waals surface area contributed by atoms with Gasteiger partial charge in [0.15, 0.2) is 0 Å². The highest BCUT2D eigenvalue weighted by Crippen LogP contribution is 2.29. The van der Waals surface area contributed by atoms with Crippen LogP contribution in [0.2, 0.25) is 0 Å². The highest BCUT2D eigenvalue weighted by molar-refractivity contribution is 5.98. The first kappa shape index (κ1) is 43.6. The zero-order valence-electron chi connectivity index (χ0n) is 35.6. The van der Waals surface area contributed by atoms with Gasteiger partial charge in [-0.2, -0.15) is 0 Å². The highest BCUT2D eigenvalue weighted by atomic mass is 16.6. The zero-order chi connectivity index (χ0) is 43.3. The molecule has 7 rings (SSSR count). The molecule has 5 aromatic carbocycles. The molecule has 0 bridgehead atoms. The van der Waals surface area contributed by atoms with Crippen LogP contribution < -0.4 is 10.6 Å². The minimum Gasteiger partial charge on any atom is -0.446 e. The van der Waals surface area contributed by atoms with Crippen molar-refractivity contribution in [1.29, 1.82) is 0 Å². The van der Waals surface area contributed by atoms with Gasteiger partial charge < -0.3 is 29.1 Å². The fraction of sp³-hybridized carbons (Fsp3) is 0.320. The number of piperidine rings is 2. The third kappa shape index (κ3) is 11.9. The standard InChI is InChI=1S/C50H56N6O6/c1-53(33-35-55-29-25-41(26-30-55)61-49(59)51-45-19-11-9-17-43(45)37-13-5-3-6-14-37)47(57)39-21-23-40(24-22-39)48(58)54(2)34-36-56-31-27-42(28-32-56)62-50(60)52-46-20-12-10-18-44(46)38-15-7-4-8-16-38/h3-24,41-42H,25-36H2,1-2H3,(H,51,59)(H,52,60). The Kier molecular flexibility index (Phi) is 15.0. The number of hydrogen-bond acceptors (Lipinski definition) is 8. The fourth-order valence-corrected chi connectivity index (χ4v) is 7.99. The number of likely N-dealkylation sites (tertiary alicyclic amines) is 2. The summed E-state index contributed by atoms with van der Waals surface area (Å²) in [5, 5.41) is 5.86. The molecule has 2 aliphatic heterocycles. The Labute approximate surface area is 364 Å². The lowest BCUT2D eigenvalue weighted by molar-refractivity contribution is 0.0538. The van der Waals surface area contributed by atoms with E-state index in [0.717, 1.165) is 74.1 Å². The van der Waals surface area contributed by atoms with Crippen molar-refractivity contribution >= 4 is 35.4 Å². The second-order valence-electron chi connectivity index (χ2n) is 16.0. The number of likely N-dealkylation sites (N-methyl/N-ethyl adjacent to an activating group) is 2. The van der Waals surface area contributed by atoms with Crippen molar-refractivity contribution in [2.45, 2.75) is 37.9 Å². The molecule has 12 nitrogen and oxygen atoms in total. The van der Waals surface area contributed by atoms with Crippen molar-refractivity contribution < 1.29 is 28.7 Å². The molecule has 2 saturated heterocycles. The maximum absolute atomic E-state index is 13.3. The Morgan fingerprint density at radius 3 is 1.21 bits per heavy atom. The molecule has 0 radical (unpaired) electrons. The molecule has 0 aliphatic carbocycles. The van der Waals surface area contributed by atoms with Gasteiger partial charge >= 0.3 is 12.2 Å². The van der Waals surface area contributed by atoms with Crippen LogP contribution in [0.15, 0.2) is 133 Å². The predicted molar refractivity (Wildman–Crippen MR) is 243 cm³/mol. The summed E-state index contributed by atoms with van der Waals surface area (Å²) < 4.78 is 11.6. The van der Waals surface area contributed by atoms with E-state index in [-0.39, 0.29) is 24.0 Å². The molecule has 0 aromatic heterocycles. The molecular formula is C50H56N6O6. The average molecular weight is 837 g/mol. The summed E-state index contributed by atoms with van der Waals surface area (Å²) in [5.74, 6) is -0.213. The van der Waals surface area contributed by atoms with Crippen LogP contribution in [-0.2, 0) is 9.47 Å². The van der Waals surface area contributed by atoms with Gasteiger partial charge in [0.05, 0.1) is 11.4 Å². The van der Waals surface area contributed by atoms with Gasteiger partial charge in [-0.25, -0.2) is 9.59 Å². The first-order chi connectivity index (χ1) is 30.2. The van der Waals surface area contributed by atoms with Crippen molar-refractivity contribution in [1.82, 2.24) is 19.6 Å². The smallest absolute Gasteiger partial charge is 0.411 e. The number of amides is 4. The van der Waals surface area contributed by atoms with Gasteiger partial charge in [0.25, 0.3) is 11.8 Å². The third-order valence-corrected chi connectivity index (χ3v) is 11.7. The van der Waals surface area contributed by atoms with E-state index >= 15 is 0 Å². The van der Waals surface area contributed by atoms with Crippen LogP contribution in [0.1, 0.15) is 46.4 Å². The molecule has 5 aromatic rings. The maximum Gasteiger partial charge on any atom is 0.411 e. The number of para-hydroxylation sites is 2. The van der Waals surface area contributed by atoms with Crippen LogP contribution in [0.25, 0.3) is 22.3 Å². The third-order valence-electron chi connectivity index (χ3n) is 11.7. The number of carbonyl (C=O) groups excluding carboxylic acids is 4. The van der Waals surface area contributed by atoms with E-state index in [0.29, 0.717) is 48.7 Å². The zero-order valence-corrected chi connectivity index (χ0v) is 35.6. The molecule has 62 heavy (non-hydrogen) atoms. The van der Waals surface area contributed by atoms with Crippen molar-refractivity contribution in [3.8, 4) is 22.3 Å². The predicted octanol–water partition coefficient (Wildman–Crippen LogP) is 8.59. The minimum atomic E-state index is -0.457. The number of hydrogen-bond donors (Lipinski definition) is 2. The summed E-state index contributed by atoms with van der Waals surface area (Å²) in [6.07, 6.45) is 1.60. The average Bonchev–Trinajstić information content (AvgIpc) is 3.31. The van der Waals surface area contributed by atoms with Crippen LogP contribution in [0, 0.1) is 0 Å². The summed E-state index contributed by atoms with van der Waals surface area (Å²) in [7, 11) is 3.58. The number of carbonyl (C=O) groups is 4. The van der Waals surface area contributed by atoms with E-state index in [2.05, 4.69) is 20.4 Å². The molecule has 0 saturated carbocycles. The molecule has 0 spiro atoms. The molecule has 2 fully saturated rings. The van der Waals surface area contributed by atoms with Crippen LogP contribution in [0.3, 0.4) is 0 Å². The van der Waals surface area contributed by atoms with Gasteiger partial charge in [-0.05, 0) is 73.2 Å². The van der Waals surface area contributed by atoms with Crippen LogP contribution in [0.5, 0.6) is 0 Å². The molecular weight excluding hydrogens is 781 g/mol. The minimum absolute atomic E-state index is 0.107. The van der Waals surface area contributed by atoms with Crippen molar-refractivity contribution in [2.75, 3.05) is 77.1 Å². The van der Waals surface area contributed by atoms with Gasteiger partial charge in [-0.1, -0.05) is 97.1 Å². The van der Waals surface area contributed by atoms with E-state index in [1.54, 1.807) is 48.2 Å². The molecule has 2 aliphatic rings. The van der Waals surface area contributed by atoms with Gasteiger partial charge in [0, 0.05) is 88.7 Å². The summed E-state index contributed by atoms with van der Waals surface area (Å²) in [4.78, 5) is 60.2. The number of rotatable bonds is 14. The van der Waals surface area contributed by atoms with Crippen LogP contribution in [0.4, 0.5) is 21.0 Å². The lowest BCUT2D eigenvalue weighted by atomic mass is 10.0. The largest absolute Gasteiger partial charge is 0.446 e. The lowest BCUT2D eigenvalue weighted by Crippen LogP contribution is -2.42. The molecule has 4 amide bonds. The number of nitrogens with one attached hydrogen (secondary N) is 2. The van der Waals surface area contributed by atoms with E-state index in [9.17, 15) is 19.2 Å². The first-order valence-electron chi connectivity index (χ1n) is 21.5. The Balaban J connectivity index is 0.776. The van der Waals surface area contributed by atoms with E-state index in [1.807, 2.05) is 109 Å². The summed E-state index contributed by atoms with van der Waals surface area (Å²) in [5.41, 5.74) is 6.38. The monoisotopic (exact) mass is 836 g/mol. The Bertz CT molecular complexity index is 2100. The lowest BCUT2D eigenvalue weighted by Gasteiger charge is -2.32. The molecule has 2 heterocycles. The molecule has 12 heteroatoms. The molecule has 322 valence electrons. The van der Waals surface area contributed by atoms with E-state index < -0.39 is 12.2 Å². The SMILES string of the molecule is CN(CCN1CCC(OC(=O)Nc2ccccc2-c2ccccc2)CC1)C(=O)c1ccc(C(=O)N(C)CCN2CCC(OC(=O)Nc3ccccc3-c3ccccc3)CC2)cc1. The maximum atomic E-state index is 13.3. The van der Waals surface area contributed by atoms with Crippen LogP contribution >= 0.6 is 0 Å². The number of nitrogens with zero attached hydrogens (tertiary/aromatic N) is 4. The fourth-order valence-electron chi connectivity index (χ4n) is 7.99. The van der Waals surface area contributed by atoms with Crippen molar-refractivity contribution in [3.05, 3.63) is 145 Å². The summed E-state index contributed by atoms with van der Waals surface area (Å²) in [6.45, 7) is 5.57. The van der Waals surface area contributed by atoms with Crippen molar-refractivity contribution in [2.24, 2.45) is 0 Å². The second kappa shape index (κ2) is 21.3. The first-order valence-corrected chi connectivity index (χ1v) is 21.5. The Morgan fingerprint density at radius 1 is 0.500 bits per heavy atom. The van der Waals surface area contributed by atoms with Crippen molar-refractivity contribution in [3.63, 3.8) is 0 Å².